The molecule has 0 fully saturated rings. The van der Waals surface area contributed by atoms with Crippen LogP contribution in [0.5, 0.6) is 5.75 Å². The molecule has 0 bridgehead atoms. The van der Waals surface area contributed by atoms with Crippen molar-refractivity contribution < 1.29 is 22.7 Å². The van der Waals surface area contributed by atoms with Crippen LogP contribution in [0, 0.1) is 0 Å². The predicted molar refractivity (Wildman–Crippen MR) is 148 cm³/mol. The standard InChI is InChI=1S/C28H41N3O5S/c1-20(26(33)29-28(5,6)7)30(18-21-11-10-12-24(17-21)36-8)25(32)19-31(37(9,34)35)23-15-13-22(14-16-23)27(2,3)4/h10-17,20H,18-19H2,1-9H3,(H,29,33). The van der Waals surface area contributed by atoms with Gasteiger partial charge in [0.2, 0.25) is 21.8 Å². The summed E-state index contributed by atoms with van der Waals surface area (Å²) in [6.45, 7) is 13.1. The highest BCUT2D eigenvalue weighted by Crippen LogP contribution is 2.26. The van der Waals surface area contributed by atoms with Crippen molar-refractivity contribution >= 4 is 27.5 Å². The lowest BCUT2D eigenvalue weighted by Gasteiger charge is -2.33. The molecule has 0 spiro atoms. The van der Waals surface area contributed by atoms with Crippen LogP contribution in [0.3, 0.4) is 0 Å². The Labute approximate surface area is 222 Å². The van der Waals surface area contributed by atoms with E-state index >= 15 is 0 Å². The molecule has 8 nitrogen and oxygen atoms in total. The molecular weight excluding hydrogens is 490 g/mol. The topological polar surface area (TPSA) is 96.0 Å². The predicted octanol–water partition coefficient (Wildman–Crippen LogP) is 4.09. The van der Waals surface area contributed by atoms with Gasteiger partial charge in [-0.2, -0.15) is 0 Å². The van der Waals surface area contributed by atoms with Crippen molar-refractivity contribution in [1.82, 2.24) is 10.2 Å². The first-order valence-electron chi connectivity index (χ1n) is 12.2. The molecule has 1 atom stereocenters. The number of nitrogens with zero attached hydrogens (tertiary/aromatic N) is 2. The number of methoxy groups -OCH3 is 1. The van der Waals surface area contributed by atoms with E-state index < -0.39 is 34.1 Å². The summed E-state index contributed by atoms with van der Waals surface area (Å²) in [4.78, 5) is 28.1. The normalized spacial score (nSPS) is 13.0. The van der Waals surface area contributed by atoms with E-state index in [1.165, 1.54) is 4.90 Å². The fourth-order valence-electron chi connectivity index (χ4n) is 3.77. The van der Waals surface area contributed by atoms with Crippen LogP contribution in [-0.4, -0.2) is 56.6 Å². The number of hydrogen-bond donors (Lipinski definition) is 1. The van der Waals surface area contributed by atoms with Gasteiger partial charge in [0.15, 0.2) is 0 Å². The SMILES string of the molecule is COc1cccc(CN(C(=O)CN(c2ccc(C(C)(C)C)cc2)S(C)(=O)=O)C(C)C(=O)NC(C)(C)C)c1. The summed E-state index contributed by atoms with van der Waals surface area (Å²) < 4.78 is 31.9. The summed E-state index contributed by atoms with van der Waals surface area (Å²) in [6, 6.07) is 13.5. The van der Waals surface area contributed by atoms with E-state index in [1.807, 2.05) is 39.0 Å². The molecule has 0 aromatic heterocycles. The maximum Gasteiger partial charge on any atom is 0.244 e. The van der Waals surface area contributed by atoms with Gasteiger partial charge >= 0.3 is 0 Å². The van der Waals surface area contributed by atoms with Crippen LogP contribution in [-0.2, 0) is 31.6 Å². The van der Waals surface area contributed by atoms with E-state index in [1.54, 1.807) is 44.4 Å². The molecule has 2 rings (SSSR count). The summed E-state index contributed by atoms with van der Waals surface area (Å²) in [6.07, 6.45) is 1.07. The zero-order valence-corrected chi connectivity index (χ0v) is 24.3. The second-order valence-electron chi connectivity index (χ2n) is 11.4. The third kappa shape index (κ3) is 8.77. The molecular formula is C28H41N3O5S. The van der Waals surface area contributed by atoms with Crippen LogP contribution in [0.25, 0.3) is 0 Å². The number of amides is 2. The number of carbonyl (C=O) groups is 2. The highest BCUT2D eigenvalue weighted by atomic mass is 32.2. The second kappa shape index (κ2) is 11.5. The number of carbonyl (C=O) groups excluding carboxylic acids is 2. The molecule has 37 heavy (non-hydrogen) atoms. The van der Waals surface area contributed by atoms with Gasteiger partial charge in [0.25, 0.3) is 0 Å². The van der Waals surface area contributed by atoms with Gasteiger partial charge in [-0.05, 0) is 68.5 Å². The lowest BCUT2D eigenvalue weighted by atomic mass is 9.87. The molecule has 0 saturated carbocycles. The molecule has 0 heterocycles. The van der Waals surface area contributed by atoms with Gasteiger partial charge in [0.1, 0.15) is 18.3 Å². The average molecular weight is 532 g/mol. The van der Waals surface area contributed by atoms with Gasteiger partial charge < -0.3 is 15.0 Å². The monoisotopic (exact) mass is 531 g/mol. The zero-order valence-electron chi connectivity index (χ0n) is 23.5. The van der Waals surface area contributed by atoms with Crippen molar-refractivity contribution in [2.24, 2.45) is 0 Å². The lowest BCUT2D eigenvalue weighted by Crippen LogP contribution is -2.54. The third-order valence-electron chi connectivity index (χ3n) is 5.85. The molecule has 2 aromatic rings. The van der Waals surface area contributed by atoms with E-state index in [4.69, 9.17) is 4.74 Å². The third-order valence-corrected chi connectivity index (χ3v) is 6.99. The first-order valence-corrected chi connectivity index (χ1v) is 14.1. The van der Waals surface area contributed by atoms with Crippen molar-refractivity contribution in [3.05, 3.63) is 59.7 Å². The molecule has 2 amide bonds. The van der Waals surface area contributed by atoms with Crippen LogP contribution in [0.2, 0.25) is 0 Å². The zero-order chi connectivity index (χ0) is 28.2. The van der Waals surface area contributed by atoms with Gasteiger partial charge in [-0.3, -0.25) is 13.9 Å². The van der Waals surface area contributed by atoms with E-state index in [0.29, 0.717) is 11.4 Å². The summed E-state index contributed by atoms with van der Waals surface area (Å²) in [5.41, 5.74) is 1.58. The van der Waals surface area contributed by atoms with Crippen LogP contribution in [0.1, 0.15) is 59.6 Å². The highest BCUT2D eigenvalue weighted by Gasteiger charge is 2.31. The highest BCUT2D eigenvalue weighted by molar-refractivity contribution is 7.92. The fraction of sp³-hybridized carbons (Fsp3) is 0.500. The summed E-state index contributed by atoms with van der Waals surface area (Å²) in [7, 11) is -2.24. The summed E-state index contributed by atoms with van der Waals surface area (Å²) in [5, 5.41) is 2.91. The van der Waals surface area contributed by atoms with E-state index in [2.05, 4.69) is 26.1 Å². The quantitative estimate of drug-likeness (QED) is 0.526. The number of benzene rings is 2. The molecule has 9 heteroatoms. The first kappa shape index (κ1) is 30.2. The minimum absolute atomic E-state index is 0.104. The fourth-order valence-corrected chi connectivity index (χ4v) is 4.62. The average Bonchev–Trinajstić information content (AvgIpc) is 2.78. The molecule has 1 N–H and O–H groups in total. The Balaban J connectivity index is 2.43. The molecule has 0 saturated heterocycles. The first-order chi connectivity index (χ1) is 16.9. The van der Waals surface area contributed by atoms with Crippen molar-refractivity contribution in [2.75, 3.05) is 24.2 Å². The second-order valence-corrected chi connectivity index (χ2v) is 13.3. The Kier molecular flexibility index (Phi) is 9.41. The molecule has 0 aliphatic heterocycles. The number of sulfonamides is 1. The van der Waals surface area contributed by atoms with Crippen LogP contribution >= 0.6 is 0 Å². The van der Waals surface area contributed by atoms with Gasteiger partial charge in [-0.1, -0.05) is 45.0 Å². The molecule has 1 unspecified atom stereocenters. The summed E-state index contributed by atoms with van der Waals surface area (Å²) in [5.74, 6) is -0.206. The number of anilines is 1. The van der Waals surface area contributed by atoms with E-state index in [9.17, 15) is 18.0 Å². The number of ether oxygens (including phenoxy) is 1. The Morgan fingerprint density at radius 1 is 1.00 bits per heavy atom. The van der Waals surface area contributed by atoms with Gasteiger partial charge in [-0.15, -0.1) is 0 Å². The minimum atomic E-state index is -3.79. The van der Waals surface area contributed by atoms with E-state index in [-0.39, 0.29) is 17.9 Å². The molecule has 0 aliphatic rings. The van der Waals surface area contributed by atoms with Crippen molar-refractivity contribution in [1.29, 1.82) is 0 Å². The van der Waals surface area contributed by atoms with Crippen molar-refractivity contribution in [3.8, 4) is 5.75 Å². The van der Waals surface area contributed by atoms with Crippen molar-refractivity contribution in [3.63, 3.8) is 0 Å². The number of hydrogen-bond acceptors (Lipinski definition) is 5. The Morgan fingerprint density at radius 3 is 2.08 bits per heavy atom. The molecule has 0 aliphatic carbocycles. The Morgan fingerprint density at radius 2 is 1.59 bits per heavy atom. The Bertz CT molecular complexity index is 1200. The van der Waals surface area contributed by atoms with Crippen LogP contribution < -0.4 is 14.4 Å². The number of nitrogens with one attached hydrogen (secondary N) is 1. The van der Waals surface area contributed by atoms with Crippen molar-refractivity contribution in [2.45, 2.75) is 72.0 Å². The van der Waals surface area contributed by atoms with Gasteiger partial charge in [0.05, 0.1) is 19.1 Å². The van der Waals surface area contributed by atoms with Gasteiger partial charge in [-0.25, -0.2) is 8.42 Å². The Hall–Kier alpha value is -3.07. The lowest BCUT2D eigenvalue weighted by molar-refractivity contribution is -0.140. The smallest absolute Gasteiger partial charge is 0.244 e. The van der Waals surface area contributed by atoms with Crippen LogP contribution in [0.4, 0.5) is 5.69 Å². The largest absolute Gasteiger partial charge is 0.497 e. The molecule has 0 radical (unpaired) electrons. The van der Waals surface area contributed by atoms with Gasteiger partial charge in [0, 0.05) is 12.1 Å². The number of rotatable bonds is 9. The maximum atomic E-state index is 13.7. The van der Waals surface area contributed by atoms with Crippen LogP contribution in [0.15, 0.2) is 48.5 Å². The summed E-state index contributed by atoms with van der Waals surface area (Å²) >= 11 is 0. The molecule has 204 valence electrons. The van der Waals surface area contributed by atoms with E-state index in [0.717, 1.165) is 21.7 Å². The minimum Gasteiger partial charge on any atom is -0.497 e. The molecule has 2 aromatic carbocycles. The maximum absolute atomic E-state index is 13.7.